The number of likely N-dealkylation sites (tertiary alicyclic amines) is 1. The lowest BCUT2D eigenvalue weighted by molar-refractivity contribution is 0.0460. The smallest absolute Gasteiger partial charge is 0.291 e. The zero-order chi connectivity index (χ0) is 17.9. The Morgan fingerprint density at radius 1 is 1.00 bits per heavy atom. The molecular weight excluding hydrogens is 328 g/mol. The van der Waals surface area contributed by atoms with Crippen LogP contribution in [0.5, 0.6) is 0 Å². The number of hydrogen-bond donors (Lipinski definition) is 1. The molecule has 26 heavy (non-hydrogen) atoms. The van der Waals surface area contributed by atoms with Gasteiger partial charge in [0.15, 0.2) is 5.76 Å². The standard InChI is InChI=1S/C21H18N2O3/c24-20(19-10-5-13-26-19)22-17-9-4-8-16(14-17)21(25)23-12-11-18(23)15-6-2-1-3-7-15/h1-10,13-14,18H,11-12H2,(H,22,24). The van der Waals surface area contributed by atoms with Crippen molar-refractivity contribution in [2.45, 2.75) is 12.5 Å². The molecule has 5 nitrogen and oxygen atoms in total. The summed E-state index contributed by atoms with van der Waals surface area (Å²) in [6.07, 6.45) is 2.41. The molecule has 130 valence electrons. The molecule has 1 unspecified atom stereocenters. The van der Waals surface area contributed by atoms with Gasteiger partial charge >= 0.3 is 0 Å². The third kappa shape index (κ3) is 3.11. The highest BCUT2D eigenvalue weighted by molar-refractivity contribution is 6.03. The zero-order valence-corrected chi connectivity index (χ0v) is 14.1. The monoisotopic (exact) mass is 346 g/mol. The maximum Gasteiger partial charge on any atom is 0.291 e. The molecule has 0 aliphatic carbocycles. The van der Waals surface area contributed by atoms with Crippen LogP contribution in [-0.2, 0) is 0 Å². The Bertz CT molecular complexity index is 919. The van der Waals surface area contributed by atoms with Crippen molar-refractivity contribution in [3.63, 3.8) is 0 Å². The van der Waals surface area contributed by atoms with Crippen LogP contribution in [-0.4, -0.2) is 23.3 Å². The first kappa shape index (κ1) is 16.1. The van der Waals surface area contributed by atoms with Gasteiger partial charge in [-0.25, -0.2) is 0 Å². The van der Waals surface area contributed by atoms with Crippen LogP contribution < -0.4 is 5.32 Å². The van der Waals surface area contributed by atoms with E-state index in [1.807, 2.05) is 35.2 Å². The van der Waals surface area contributed by atoms with Crippen LogP contribution >= 0.6 is 0 Å². The van der Waals surface area contributed by atoms with Gasteiger partial charge in [-0.15, -0.1) is 0 Å². The van der Waals surface area contributed by atoms with Gasteiger partial charge in [-0.05, 0) is 42.3 Å². The van der Waals surface area contributed by atoms with Crippen LogP contribution in [0.4, 0.5) is 5.69 Å². The second-order valence-corrected chi connectivity index (χ2v) is 6.23. The van der Waals surface area contributed by atoms with Gasteiger partial charge in [-0.1, -0.05) is 36.4 Å². The van der Waals surface area contributed by atoms with Crippen LogP contribution in [0, 0.1) is 0 Å². The summed E-state index contributed by atoms with van der Waals surface area (Å²) in [5.74, 6) is -0.140. The summed E-state index contributed by atoms with van der Waals surface area (Å²) < 4.78 is 5.09. The number of amides is 2. The number of carbonyl (C=O) groups excluding carboxylic acids is 2. The average Bonchev–Trinajstić information content (AvgIpc) is 3.17. The fourth-order valence-corrected chi connectivity index (χ4v) is 3.15. The maximum atomic E-state index is 12.9. The Morgan fingerprint density at radius 3 is 2.54 bits per heavy atom. The molecule has 4 rings (SSSR count). The molecule has 1 fully saturated rings. The second kappa shape index (κ2) is 6.88. The zero-order valence-electron chi connectivity index (χ0n) is 14.1. The molecule has 1 saturated heterocycles. The highest BCUT2D eigenvalue weighted by Crippen LogP contribution is 2.34. The molecule has 0 bridgehead atoms. The minimum Gasteiger partial charge on any atom is -0.459 e. The average molecular weight is 346 g/mol. The van der Waals surface area contributed by atoms with Crippen molar-refractivity contribution in [3.8, 4) is 0 Å². The van der Waals surface area contributed by atoms with E-state index in [1.165, 1.54) is 6.26 Å². The number of nitrogens with one attached hydrogen (secondary N) is 1. The van der Waals surface area contributed by atoms with Crippen molar-refractivity contribution in [3.05, 3.63) is 89.9 Å². The SMILES string of the molecule is O=C(Nc1cccc(C(=O)N2CCC2c2ccccc2)c1)c1ccco1. The third-order valence-electron chi connectivity index (χ3n) is 4.58. The van der Waals surface area contributed by atoms with E-state index in [0.717, 1.165) is 18.5 Å². The topological polar surface area (TPSA) is 62.6 Å². The van der Waals surface area contributed by atoms with Crippen LogP contribution in [0.1, 0.15) is 38.9 Å². The summed E-state index contributed by atoms with van der Waals surface area (Å²) in [6, 6.07) is 20.4. The lowest BCUT2D eigenvalue weighted by Gasteiger charge is -2.41. The molecule has 0 saturated carbocycles. The van der Waals surface area contributed by atoms with Crippen molar-refractivity contribution in [2.75, 3.05) is 11.9 Å². The summed E-state index contributed by atoms with van der Waals surface area (Å²) in [4.78, 5) is 26.8. The Labute approximate surface area is 151 Å². The first-order valence-electron chi connectivity index (χ1n) is 8.53. The van der Waals surface area contributed by atoms with E-state index in [-0.39, 0.29) is 23.6 Å². The van der Waals surface area contributed by atoms with Crippen LogP contribution in [0.25, 0.3) is 0 Å². The second-order valence-electron chi connectivity index (χ2n) is 6.23. The quantitative estimate of drug-likeness (QED) is 0.773. The van der Waals surface area contributed by atoms with E-state index in [1.54, 1.807) is 36.4 Å². The molecule has 2 heterocycles. The fraction of sp³-hybridized carbons (Fsp3) is 0.143. The molecule has 0 spiro atoms. The number of benzene rings is 2. The van der Waals surface area contributed by atoms with Crippen molar-refractivity contribution < 1.29 is 14.0 Å². The number of hydrogen-bond acceptors (Lipinski definition) is 3. The summed E-state index contributed by atoms with van der Waals surface area (Å²) in [5.41, 5.74) is 2.27. The number of carbonyl (C=O) groups is 2. The fourth-order valence-electron chi connectivity index (χ4n) is 3.15. The van der Waals surface area contributed by atoms with Crippen molar-refractivity contribution >= 4 is 17.5 Å². The largest absolute Gasteiger partial charge is 0.459 e. The van der Waals surface area contributed by atoms with E-state index in [2.05, 4.69) is 5.32 Å². The van der Waals surface area contributed by atoms with Crippen LogP contribution in [0.15, 0.2) is 77.4 Å². The Balaban J connectivity index is 1.49. The van der Waals surface area contributed by atoms with E-state index < -0.39 is 0 Å². The minimum atomic E-state index is -0.342. The number of furan rings is 1. The van der Waals surface area contributed by atoms with Gasteiger partial charge < -0.3 is 14.6 Å². The highest BCUT2D eigenvalue weighted by Gasteiger charge is 2.33. The molecule has 1 aromatic heterocycles. The van der Waals surface area contributed by atoms with E-state index in [4.69, 9.17) is 4.42 Å². The van der Waals surface area contributed by atoms with E-state index in [9.17, 15) is 9.59 Å². The number of nitrogens with zero attached hydrogens (tertiary/aromatic N) is 1. The minimum absolute atomic E-state index is 0.0285. The van der Waals surface area contributed by atoms with E-state index in [0.29, 0.717) is 11.3 Å². The lowest BCUT2D eigenvalue weighted by Crippen LogP contribution is -2.45. The van der Waals surface area contributed by atoms with Crippen molar-refractivity contribution in [1.29, 1.82) is 0 Å². The predicted molar refractivity (Wildman–Crippen MR) is 97.9 cm³/mol. The van der Waals surface area contributed by atoms with Gasteiger partial charge in [0, 0.05) is 17.8 Å². The van der Waals surface area contributed by atoms with Crippen molar-refractivity contribution in [1.82, 2.24) is 4.90 Å². The molecule has 1 N–H and O–H groups in total. The Kier molecular flexibility index (Phi) is 4.27. The molecular formula is C21H18N2O3. The summed E-state index contributed by atoms with van der Waals surface area (Å²) >= 11 is 0. The molecule has 1 aliphatic rings. The normalized spacial score (nSPS) is 16.0. The predicted octanol–water partition coefficient (Wildman–Crippen LogP) is 4.12. The first-order chi connectivity index (χ1) is 12.7. The molecule has 2 amide bonds. The Morgan fingerprint density at radius 2 is 1.85 bits per heavy atom. The van der Waals surface area contributed by atoms with E-state index >= 15 is 0 Å². The maximum absolute atomic E-state index is 12.9. The molecule has 1 atom stereocenters. The van der Waals surface area contributed by atoms with Crippen molar-refractivity contribution in [2.24, 2.45) is 0 Å². The number of anilines is 1. The molecule has 5 heteroatoms. The molecule has 1 aliphatic heterocycles. The molecule has 2 aromatic carbocycles. The first-order valence-corrected chi connectivity index (χ1v) is 8.53. The third-order valence-corrected chi connectivity index (χ3v) is 4.58. The lowest BCUT2D eigenvalue weighted by atomic mass is 9.93. The summed E-state index contributed by atoms with van der Waals surface area (Å²) in [7, 11) is 0. The number of rotatable bonds is 4. The molecule has 0 radical (unpaired) electrons. The summed E-state index contributed by atoms with van der Waals surface area (Å²) in [6.45, 7) is 0.737. The van der Waals surface area contributed by atoms with Gasteiger partial charge in [-0.3, -0.25) is 9.59 Å². The van der Waals surface area contributed by atoms with Gasteiger partial charge in [0.25, 0.3) is 11.8 Å². The summed E-state index contributed by atoms with van der Waals surface area (Å²) in [5, 5.41) is 2.75. The van der Waals surface area contributed by atoms with Gasteiger partial charge in [-0.2, -0.15) is 0 Å². The van der Waals surface area contributed by atoms with Crippen LogP contribution in [0.2, 0.25) is 0 Å². The molecule has 3 aromatic rings. The van der Waals surface area contributed by atoms with Gasteiger partial charge in [0.1, 0.15) is 0 Å². The Hall–Kier alpha value is -3.34. The van der Waals surface area contributed by atoms with Crippen LogP contribution in [0.3, 0.4) is 0 Å². The van der Waals surface area contributed by atoms with Gasteiger partial charge in [0.2, 0.25) is 0 Å². The van der Waals surface area contributed by atoms with Gasteiger partial charge in [0.05, 0.1) is 12.3 Å². The highest BCUT2D eigenvalue weighted by atomic mass is 16.3.